The van der Waals surface area contributed by atoms with Crippen LogP contribution in [0.3, 0.4) is 0 Å². The van der Waals surface area contributed by atoms with Gasteiger partial charge in [-0.2, -0.15) is 0 Å². The number of carbonyl (C=O) groups is 2. The Morgan fingerprint density at radius 3 is 2.36 bits per heavy atom. The molecular weight excluding hydrogens is 382 g/mol. The van der Waals surface area contributed by atoms with Crippen LogP contribution in [0.25, 0.3) is 0 Å². The number of rotatable bonds is 8. The largest absolute Gasteiger partial charge is 0.479 e. The highest BCUT2D eigenvalue weighted by Gasteiger charge is 2.51. The molecule has 0 radical (unpaired) electrons. The lowest BCUT2D eigenvalue weighted by Gasteiger charge is -2.47. The van der Waals surface area contributed by atoms with Gasteiger partial charge in [0.25, 0.3) is 0 Å². The number of aliphatic carboxylic acids is 1. The number of ether oxygens (including phenoxy) is 4. The van der Waals surface area contributed by atoms with Crippen LogP contribution in [0.15, 0.2) is 0 Å². The third-order valence-electron chi connectivity index (χ3n) is 4.98. The predicted octanol–water partition coefficient (Wildman–Crippen LogP) is -3.58. The summed E-state index contributed by atoms with van der Waals surface area (Å²) in [4.78, 5) is 22.1. The van der Waals surface area contributed by atoms with Crippen molar-refractivity contribution in [3.63, 3.8) is 0 Å². The van der Waals surface area contributed by atoms with Gasteiger partial charge in [-0.1, -0.05) is 6.92 Å². The first kappa shape index (κ1) is 23.1. The Balaban J connectivity index is 2.26. The Bertz CT molecular complexity index is 535. The number of aliphatic hydroxyl groups is 4. The van der Waals surface area contributed by atoms with Crippen LogP contribution in [0.2, 0.25) is 0 Å². The molecule has 12 nitrogen and oxygen atoms in total. The summed E-state index contributed by atoms with van der Waals surface area (Å²) in [7, 11) is 1.31. The predicted molar refractivity (Wildman–Crippen MR) is 89.0 cm³/mol. The summed E-state index contributed by atoms with van der Waals surface area (Å²) < 4.78 is 21.5. The van der Waals surface area contributed by atoms with Gasteiger partial charge < -0.3 is 54.6 Å². The molecule has 6 N–H and O–H groups in total. The second-order valence-corrected chi connectivity index (χ2v) is 6.76. The van der Waals surface area contributed by atoms with Crippen molar-refractivity contribution in [1.82, 2.24) is 5.32 Å². The van der Waals surface area contributed by atoms with Crippen molar-refractivity contribution in [3.05, 3.63) is 0 Å². The van der Waals surface area contributed by atoms with Crippen LogP contribution in [0.5, 0.6) is 0 Å². The van der Waals surface area contributed by atoms with Crippen molar-refractivity contribution < 1.29 is 54.1 Å². The molecule has 2 heterocycles. The maximum absolute atomic E-state index is 11.4. The van der Waals surface area contributed by atoms with Gasteiger partial charge in [-0.15, -0.1) is 0 Å². The van der Waals surface area contributed by atoms with Gasteiger partial charge >= 0.3 is 5.97 Å². The van der Waals surface area contributed by atoms with Crippen LogP contribution in [0, 0.1) is 5.92 Å². The fraction of sp³-hybridized carbons (Fsp3) is 0.875. The summed E-state index contributed by atoms with van der Waals surface area (Å²) in [6.07, 6.45) is -10.3. The standard InChI is InChI=1S/C16H27NO11/c1-6-9(20)11(22)16(27-12(6)14(23)24)28-13-8(17-3-4-18)15(25-2)26-7(5-19)10(13)21/h4,6-13,15-17,19-22H,3,5H2,1-2H3,(H,23,24). The highest BCUT2D eigenvalue weighted by Crippen LogP contribution is 2.31. The normalized spacial score (nSPS) is 44.2. The lowest BCUT2D eigenvalue weighted by Crippen LogP contribution is -2.67. The third-order valence-corrected chi connectivity index (χ3v) is 4.98. The number of aldehydes is 1. The van der Waals surface area contributed by atoms with E-state index in [1.54, 1.807) is 0 Å². The summed E-state index contributed by atoms with van der Waals surface area (Å²) in [6, 6.07) is -0.927. The Kier molecular flexibility index (Phi) is 8.24. The van der Waals surface area contributed by atoms with E-state index < -0.39 is 73.7 Å². The van der Waals surface area contributed by atoms with Crippen molar-refractivity contribution in [1.29, 1.82) is 0 Å². The van der Waals surface area contributed by atoms with Crippen LogP contribution < -0.4 is 5.32 Å². The van der Waals surface area contributed by atoms with Gasteiger partial charge in [0.2, 0.25) is 0 Å². The highest BCUT2D eigenvalue weighted by molar-refractivity contribution is 5.73. The number of hydrogen-bond acceptors (Lipinski definition) is 11. The average molecular weight is 409 g/mol. The van der Waals surface area contributed by atoms with E-state index >= 15 is 0 Å². The number of methoxy groups -OCH3 is 1. The Labute approximate surface area is 160 Å². The van der Waals surface area contributed by atoms with E-state index in [1.165, 1.54) is 14.0 Å². The topological polar surface area (TPSA) is 184 Å². The summed E-state index contributed by atoms with van der Waals surface area (Å²) in [5.74, 6) is -2.26. The van der Waals surface area contributed by atoms with Crippen LogP contribution in [0.4, 0.5) is 0 Å². The van der Waals surface area contributed by atoms with Gasteiger partial charge in [-0.25, -0.2) is 4.79 Å². The van der Waals surface area contributed by atoms with E-state index in [1.807, 2.05) is 0 Å². The zero-order valence-electron chi connectivity index (χ0n) is 15.5. The number of carboxylic acids is 1. The maximum atomic E-state index is 11.4. The number of carbonyl (C=O) groups excluding carboxylic acids is 1. The third kappa shape index (κ3) is 4.67. The van der Waals surface area contributed by atoms with Crippen LogP contribution in [-0.4, -0.2) is 113 Å². The van der Waals surface area contributed by atoms with Crippen molar-refractivity contribution in [2.24, 2.45) is 5.92 Å². The Morgan fingerprint density at radius 2 is 1.82 bits per heavy atom. The first-order chi connectivity index (χ1) is 13.3. The minimum absolute atomic E-state index is 0.143. The van der Waals surface area contributed by atoms with E-state index in [4.69, 9.17) is 18.9 Å². The van der Waals surface area contributed by atoms with E-state index in [0.29, 0.717) is 6.29 Å². The number of carboxylic acid groups (broad SMARTS) is 1. The second-order valence-electron chi connectivity index (χ2n) is 6.76. The molecule has 0 spiro atoms. The van der Waals surface area contributed by atoms with E-state index in [9.17, 15) is 35.1 Å². The van der Waals surface area contributed by atoms with Crippen molar-refractivity contribution in [3.8, 4) is 0 Å². The maximum Gasteiger partial charge on any atom is 0.333 e. The Hall–Kier alpha value is -1.22. The first-order valence-corrected chi connectivity index (χ1v) is 8.80. The van der Waals surface area contributed by atoms with Crippen molar-refractivity contribution >= 4 is 12.3 Å². The van der Waals surface area contributed by atoms with Gasteiger partial charge in [-0.05, 0) is 0 Å². The zero-order valence-corrected chi connectivity index (χ0v) is 15.5. The molecular formula is C16H27NO11. The molecule has 0 aromatic heterocycles. The second kappa shape index (κ2) is 10.0. The molecule has 12 heteroatoms. The van der Waals surface area contributed by atoms with E-state index in [0.717, 1.165) is 0 Å². The SMILES string of the molecule is COC1OC(CO)C(O)C(OC2OC(C(=O)O)C(C)C(O)C2O)C1NCC=O. The smallest absolute Gasteiger partial charge is 0.333 e. The molecule has 0 aliphatic carbocycles. The minimum atomic E-state index is -1.60. The molecule has 10 atom stereocenters. The molecule has 2 aliphatic heterocycles. The Morgan fingerprint density at radius 1 is 1.14 bits per heavy atom. The molecule has 0 amide bonds. The van der Waals surface area contributed by atoms with E-state index in [-0.39, 0.29) is 6.54 Å². The molecule has 0 aromatic carbocycles. The zero-order chi connectivity index (χ0) is 21.0. The first-order valence-electron chi connectivity index (χ1n) is 8.80. The number of nitrogens with one attached hydrogen (secondary N) is 1. The number of hydrogen-bond donors (Lipinski definition) is 6. The fourth-order valence-corrected chi connectivity index (χ4v) is 3.38. The quantitative estimate of drug-likeness (QED) is 0.217. The number of aliphatic hydroxyl groups excluding tert-OH is 4. The average Bonchev–Trinajstić information content (AvgIpc) is 2.67. The summed E-state index contributed by atoms with van der Waals surface area (Å²) in [5, 5.41) is 52.4. The molecule has 2 saturated heterocycles. The summed E-state index contributed by atoms with van der Waals surface area (Å²) >= 11 is 0. The molecule has 2 rings (SSSR count). The van der Waals surface area contributed by atoms with Gasteiger partial charge in [0.05, 0.1) is 25.3 Å². The van der Waals surface area contributed by atoms with Crippen molar-refractivity contribution in [2.75, 3.05) is 20.3 Å². The molecule has 0 aromatic rings. The molecule has 10 unspecified atom stereocenters. The molecule has 162 valence electrons. The van der Waals surface area contributed by atoms with Gasteiger partial charge in [-0.3, -0.25) is 0 Å². The van der Waals surface area contributed by atoms with Crippen LogP contribution in [-0.2, 0) is 28.5 Å². The molecule has 2 fully saturated rings. The summed E-state index contributed by atoms with van der Waals surface area (Å²) in [6.45, 7) is 0.686. The van der Waals surface area contributed by atoms with E-state index in [2.05, 4.69) is 5.32 Å². The van der Waals surface area contributed by atoms with Crippen LogP contribution >= 0.6 is 0 Å². The minimum Gasteiger partial charge on any atom is -0.479 e. The van der Waals surface area contributed by atoms with Gasteiger partial charge in [0.1, 0.15) is 30.7 Å². The molecule has 2 aliphatic rings. The van der Waals surface area contributed by atoms with Crippen LogP contribution in [0.1, 0.15) is 6.92 Å². The molecule has 0 bridgehead atoms. The highest BCUT2D eigenvalue weighted by atomic mass is 16.7. The molecule has 28 heavy (non-hydrogen) atoms. The fourth-order valence-electron chi connectivity index (χ4n) is 3.38. The summed E-state index contributed by atoms with van der Waals surface area (Å²) in [5.41, 5.74) is 0. The van der Waals surface area contributed by atoms with Gasteiger partial charge in [0, 0.05) is 13.0 Å². The van der Waals surface area contributed by atoms with Crippen molar-refractivity contribution in [2.45, 2.75) is 62.2 Å². The monoisotopic (exact) mass is 409 g/mol. The van der Waals surface area contributed by atoms with Gasteiger partial charge in [0.15, 0.2) is 18.7 Å². The lowest BCUT2D eigenvalue weighted by atomic mass is 9.90. The lowest BCUT2D eigenvalue weighted by molar-refractivity contribution is -0.333. The molecule has 0 saturated carbocycles.